The first kappa shape index (κ1) is 21.9. The van der Waals surface area contributed by atoms with Crippen LogP contribution in [0.2, 0.25) is 5.02 Å². The van der Waals surface area contributed by atoms with Gasteiger partial charge in [-0.3, -0.25) is 4.79 Å². The van der Waals surface area contributed by atoms with E-state index in [1.807, 2.05) is 6.07 Å². The fourth-order valence-corrected chi connectivity index (χ4v) is 4.08. The van der Waals surface area contributed by atoms with Crippen molar-refractivity contribution in [1.29, 1.82) is 0 Å². The summed E-state index contributed by atoms with van der Waals surface area (Å²) in [5, 5.41) is 3.31. The molecule has 0 bridgehead atoms. The molecule has 0 aliphatic heterocycles. The van der Waals surface area contributed by atoms with E-state index in [9.17, 15) is 13.2 Å². The van der Waals surface area contributed by atoms with Crippen molar-refractivity contribution in [3.63, 3.8) is 0 Å². The molecule has 30 heavy (non-hydrogen) atoms. The van der Waals surface area contributed by atoms with Gasteiger partial charge < -0.3 is 14.5 Å². The van der Waals surface area contributed by atoms with Crippen molar-refractivity contribution in [3.05, 3.63) is 82.8 Å². The van der Waals surface area contributed by atoms with E-state index in [1.165, 1.54) is 25.3 Å². The second-order valence-electron chi connectivity index (χ2n) is 6.40. The highest BCUT2D eigenvalue weighted by atomic mass is 35.5. The van der Waals surface area contributed by atoms with Crippen molar-refractivity contribution in [2.24, 2.45) is 0 Å². The molecule has 158 valence electrons. The van der Waals surface area contributed by atoms with Gasteiger partial charge in [-0.05, 0) is 48.0 Å². The van der Waals surface area contributed by atoms with Crippen LogP contribution in [0, 0.1) is 0 Å². The van der Waals surface area contributed by atoms with Crippen molar-refractivity contribution < 1.29 is 22.4 Å². The van der Waals surface area contributed by atoms with Gasteiger partial charge in [-0.25, -0.2) is 13.1 Å². The van der Waals surface area contributed by atoms with Crippen LogP contribution in [-0.4, -0.2) is 28.0 Å². The van der Waals surface area contributed by atoms with Crippen LogP contribution in [0.5, 0.6) is 5.75 Å². The molecule has 1 heterocycles. The van der Waals surface area contributed by atoms with Crippen molar-refractivity contribution in [1.82, 2.24) is 10.0 Å². The molecular weight excluding hydrogens is 428 g/mol. The average Bonchev–Trinajstić information content (AvgIpc) is 3.26. The van der Waals surface area contributed by atoms with Gasteiger partial charge >= 0.3 is 0 Å². The van der Waals surface area contributed by atoms with Crippen LogP contribution >= 0.6 is 11.6 Å². The molecule has 1 amide bonds. The molecule has 2 N–H and O–H groups in total. The monoisotopic (exact) mass is 448 g/mol. The van der Waals surface area contributed by atoms with Crippen molar-refractivity contribution in [2.75, 3.05) is 13.7 Å². The second-order valence-corrected chi connectivity index (χ2v) is 8.57. The quantitative estimate of drug-likeness (QED) is 0.523. The molecule has 0 fully saturated rings. The number of nitrogens with one attached hydrogen (secondary N) is 2. The Balaban J connectivity index is 1.72. The summed E-state index contributed by atoms with van der Waals surface area (Å²) < 4.78 is 38.6. The molecule has 0 radical (unpaired) electrons. The Morgan fingerprint density at radius 2 is 1.90 bits per heavy atom. The minimum Gasteiger partial charge on any atom is -0.495 e. The molecule has 1 aromatic heterocycles. The number of hydrogen-bond donors (Lipinski definition) is 2. The van der Waals surface area contributed by atoms with E-state index in [0.29, 0.717) is 18.0 Å². The maximum Gasteiger partial charge on any atom is 0.251 e. The predicted molar refractivity (Wildman–Crippen MR) is 113 cm³/mol. The van der Waals surface area contributed by atoms with Crippen molar-refractivity contribution in [2.45, 2.75) is 17.9 Å². The number of benzene rings is 2. The Labute approximate surface area is 180 Å². The highest BCUT2D eigenvalue weighted by Crippen LogP contribution is 2.25. The maximum absolute atomic E-state index is 12.8. The van der Waals surface area contributed by atoms with Gasteiger partial charge in [-0.2, -0.15) is 0 Å². The molecule has 3 rings (SSSR count). The molecule has 0 aliphatic rings. The minimum absolute atomic E-state index is 0.0717. The minimum atomic E-state index is -3.93. The molecule has 0 aliphatic carbocycles. The van der Waals surface area contributed by atoms with E-state index >= 15 is 0 Å². The number of carbonyl (C=O) groups is 1. The topological polar surface area (TPSA) is 97.6 Å². The van der Waals surface area contributed by atoms with Crippen molar-refractivity contribution in [3.8, 4) is 5.75 Å². The summed E-state index contributed by atoms with van der Waals surface area (Å²) in [5.74, 6) is 0.504. The first-order valence-corrected chi connectivity index (χ1v) is 11.0. The summed E-state index contributed by atoms with van der Waals surface area (Å²) in [4.78, 5) is 12.3. The SMILES string of the molecule is COc1ccc(C(=O)NCCc2ccco2)cc1S(=O)(=O)NCc1ccc(Cl)cc1. The summed E-state index contributed by atoms with van der Waals surface area (Å²) in [6.07, 6.45) is 2.09. The highest BCUT2D eigenvalue weighted by Gasteiger charge is 2.21. The number of furan rings is 1. The zero-order valence-electron chi connectivity index (χ0n) is 16.2. The lowest BCUT2D eigenvalue weighted by Crippen LogP contribution is -2.27. The van der Waals surface area contributed by atoms with Gasteiger partial charge in [0.05, 0.1) is 13.4 Å². The summed E-state index contributed by atoms with van der Waals surface area (Å²) in [5.41, 5.74) is 0.955. The first-order chi connectivity index (χ1) is 14.4. The van der Waals surface area contributed by atoms with E-state index in [1.54, 1.807) is 36.6 Å². The zero-order valence-corrected chi connectivity index (χ0v) is 17.8. The number of ether oxygens (including phenoxy) is 1. The smallest absolute Gasteiger partial charge is 0.251 e. The van der Waals surface area contributed by atoms with E-state index in [-0.39, 0.29) is 22.8 Å². The molecule has 3 aromatic rings. The number of methoxy groups -OCH3 is 1. The highest BCUT2D eigenvalue weighted by molar-refractivity contribution is 7.89. The van der Waals surface area contributed by atoms with E-state index in [2.05, 4.69) is 10.0 Å². The summed E-state index contributed by atoms with van der Waals surface area (Å²) in [6.45, 7) is 0.428. The largest absolute Gasteiger partial charge is 0.495 e. The third-order valence-electron chi connectivity index (χ3n) is 4.33. The van der Waals surface area contributed by atoms with Crippen molar-refractivity contribution >= 4 is 27.5 Å². The molecule has 0 saturated heterocycles. The Kier molecular flexibility index (Phi) is 7.15. The van der Waals surface area contributed by atoms with Gasteiger partial charge in [0, 0.05) is 30.1 Å². The lowest BCUT2D eigenvalue weighted by atomic mass is 10.2. The predicted octanol–water partition coefficient (Wildman–Crippen LogP) is 3.39. The zero-order chi connectivity index (χ0) is 21.6. The van der Waals surface area contributed by atoms with Gasteiger partial charge in [0.25, 0.3) is 5.91 Å². The third kappa shape index (κ3) is 5.63. The van der Waals surface area contributed by atoms with Gasteiger partial charge in [0.2, 0.25) is 10.0 Å². The summed E-state index contributed by atoms with van der Waals surface area (Å²) in [7, 11) is -2.55. The number of rotatable bonds is 9. The Morgan fingerprint density at radius 3 is 2.57 bits per heavy atom. The lowest BCUT2D eigenvalue weighted by Gasteiger charge is -2.13. The maximum atomic E-state index is 12.8. The lowest BCUT2D eigenvalue weighted by molar-refractivity contribution is 0.0953. The summed E-state index contributed by atoms with van der Waals surface area (Å²) >= 11 is 5.85. The molecule has 0 atom stereocenters. The van der Waals surface area contributed by atoms with Gasteiger partial charge in [0.15, 0.2) is 0 Å². The fraction of sp³-hybridized carbons (Fsp3) is 0.190. The van der Waals surface area contributed by atoms with Crippen LogP contribution in [-0.2, 0) is 23.0 Å². The fourth-order valence-electron chi connectivity index (χ4n) is 2.74. The number of amides is 1. The Bertz CT molecular complexity index is 1100. The summed E-state index contributed by atoms with van der Waals surface area (Å²) in [6, 6.07) is 14.7. The first-order valence-electron chi connectivity index (χ1n) is 9.12. The molecule has 7 nitrogen and oxygen atoms in total. The standard InChI is InChI=1S/C21H21ClN2O5S/c1-28-19-9-6-16(21(25)23-11-10-18-3-2-12-29-18)13-20(19)30(26,27)24-14-15-4-7-17(22)8-5-15/h2-9,12-13,24H,10-11,14H2,1H3,(H,23,25). The molecular formula is C21H21ClN2O5S. The number of halogens is 1. The molecule has 9 heteroatoms. The van der Waals surface area contributed by atoms with E-state index in [0.717, 1.165) is 11.3 Å². The third-order valence-corrected chi connectivity index (χ3v) is 6.01. The second kappa shape index (κ2) is 9.80. The van der Waals surface area contributed by atoms with Gasteiger partial charge in [0.1, 0.15) is 16.4 Å². The number of hydrogen-bond acceptors (Lipinski definition) is 5. The molecule has 0 saturated carbocycles. The van der Waals surface area contributed by atoms with E-state index in [4.69, 9.17) is 20.8 Å². The van der Waals surface area contributed by atoms with Crippen LogP contribution in [0.15, 0.2) is 70.2 Å². The molecule has 0 spiro atoms. The van der Waals surface area contributed by atoms with Gasteiger partial charge in [-0.15, -0.1) is 0 Å². The van der Waals surface area contributed by atoms with Crippen LogP contribution in [0.1, 0.15) is 21.7 Å². The number of sulfonamides is 1. The Morgan fingerprint density at radius 1 is 1.13 bits per heavy atom. The van der Waals surface area contributed by atoms with Crippen LogP contribution in [0.4, 0.5) is 0 Å². The molecule has 2 aromatic carbocycles. The normalized spacial score (nSPS) is 11.3. The average molecular weight is 449 g/mol. The number of carbonyl (C=O) groups excluding carboxylic acids is 1. The van der Waals surface area contributed by atoms with Crippen LogP contribution in [0.3, 0.4) is 0 Å². The van der Waals surface area contributed by atoms with Gasteiger partial charge in [-0.1, -0.05) is 23.7 Å². The van der Waals surface area contributed by atoms with E-state index < -0.39 is 15.9 Å². The molecule has 0 unspecified atom stereocenters. The van der Waals surface area contributed by atoms with Crippen LogP contribution < -0.4 is 14.8 Å². The van der Waals surface area contributed by atoms with Crippen LogP contribution in [0.25, 0.3) is 0 Å². The Hall–Kier alpha value is -2.81.